The third kappa shape index (κ3) is 2.44. The quantitative estimate of drug-likeness (QED) is 0.738. The van der Waals surface area contributed by atoms with Crippen LogP contribution in [0.2, 0.25) is 0 Å². The molecule has 0 amide bonds. The first kappa shape index (κ1) is 11.0. The lowest BCUT2D eigenvalue weighted by Gasteiger charge is -2.17. The second-order valence-electron chi connectivity index (χ2n) is 4.50. The summed E-state index contributed by atoms with van der Waals surface area (Å²) in [5, 5.41) is 0. The topological polar surface area (TPSA) is 34.9 Å². The van der Waals surface area contributed by atoms with E-state index in [0.29, 0.717) is 6.54 Å². The van der Waals surface area contributed by atoms with Crippen LogP contribution in [0.15, 0.2) is 12.4 Å². The zero-order valence-corrected chi connectivity index (χ0v) is 9.37. The van der Waals surface area contributed by atoms with Crippen LogP contribution in [-0.2, 0) is 17.8 Å². The van der Waals surface area contributed by atoms with Gasteiger partial charge in [0.05, 0.1) is 6.54 Å². The highest BCUT2D eigenvalue weighted by atomic mass is 16.1. The molecule has 0 aliphatic carbocycles. The normalized spacial score (nSPS) is 11.7. The summed E-state index contributed by atoms with van der Waals surface area (Å²) in [6.07, 6.45) is 4.47. The molecule has 0 aliphatic rings. The van der Waals surface area contributed by atoms with Crippen LogP contribution in [0, 0.1) is 5.41 Å². The second-order valence-corrected chi connectivity index (χ2v) is 4.50. The lowest BCUT2D eigenvalue weighted by Crippen LogP contribution is -2.25. The first-order chi connectivity index (χ1) is 6.45. The Labute approximate surface area is 85.2 Å². The van der Waals surface area contributed by atoms with Crippen molar-refractivity contribution in [3.63, 3.8) is 0 Å². The minimum Gasteiger partial charge on any atom is -0.327 e. The number of nitrogens with zero attached hydrogens (tertiary/aromatic N) is 2. The van der Waals surface area contributed by atoms with Gasteiger partial charge in [-0.3, -0.25) is 4.79 Å². The highest BCUT2D eigenvalue weighted by Crippen LogP contribution is 2.16. The molecule has 1 aromatic rings. The van der Waals surface area contributed by atoms with Crippen LogP contribution in [0.25, 0.3) is 0 Å². The molecule has 0 bridgehead atoms. The number of ketones is 1. The minimum atomic E-state index is -0.269. The number of aryl methyl sites for hydroxylation is 1. The van der Waals surface area contributed by atoms with Crippen molar-refractivity contribution in [2.45, 2.75) is 40.7 Å². The molecular weight excluding hydrogens is 176 g/mol. The molecule has 3 heteroatoms. The molecule has 0 aliphatic heterocycles. The fourth-order valence-corrected chi connectivity index (χ4v) is 1.19. The number of Topliss-reactive ketones (excluding diaryl/α,β-unsaturated/α-hetero) is 1. The van der Waals surface area contributed by atoms with Gasteiger partial charge in [-0.1, -0.05) is 27.7 Å². The number of aromatic nitrogens is 2. The van der Waals surface area contributed by atoms with Gasteiger partial charge in [0.2, 0.25) is 0 Å². The van der Waals surface area contributed by atoms with Crippen LogP contribution < -0.4 is 0 Å². The summed E-state index contributed by atoms with van der Waals surface area (Å²) < 4.78 is 1.92. The van der Waals surface area contributed by atoms with Gasteiger partial charge in [0.15, 0.2) is 5.78 Å². The number of rotatable bonds is 3. The molecule has 1 aromatic heterocycles. The number of carbonyl (C=O) groups excluding carboxylic acids is 1. The van der Waals surface area contributed by atoms with E-state index in [1.165, 1.54) is 0 Å². The molecule has 0 saturated carbocycles. The van der Waals surface area contributed by atoms with Gasteiger partial charge in [-0.25, -0.2) is 4.98 Å². The van der Waals surface area contributed by atoms with Gasteiger partial charge < -0.3 is 4.57 Å². The molecule has 14 heavy (non-hydrogen) atoms. The zero-order chi connectivity index (χ0) is 10.8. The van der Waals surface area contributed by atoms with E-state index < -0.39 is 0 Å². The van der Waals surface area contributed by atoms with Crippen molar-refractivity contribution in [2.75, 3.05) is 0 Å². The molecular formula is C11H18N2O. The fraction of sp³-hybridized carbons (Fsp3) is 0.636. The molecule has 0 N–H and O–H groups in total. The zero-order valence-electron chi connectivity index (χ0n) is 9.37. The molecule has 0 saturated heterocycles. The Bertz CT molecular complexity index is 320. The number of hydrogen-bond acceptors (Lipinski definition) is 2. The molecule has 0 radical (unpaired) electrons. The maximum Gasteiger partial charge on any atom is 0.157 e. The number of imidazole rings is 1. The molecule has 1 heterocycles. The Morgan fingerprint density at radius 1 is 1.50 bits per heavy atom. The van der Waals surface area contributed by atoms with E-state index in [9.17, 15) is 4.79 Å². The van der Waals surface area contributed by atoms with Gasteiger partial charge in [0.1, 0.15) is 5.82 Å². The smallest absolute Gasteiger partial charge is 0.157 e. The average Bonchev–Trinajstić information content (AvgIpc) is 2.50. The monoisotopic (exact) mass is 194 g/mol. The molecule has 0 unspecified atom stereocenters. The third-order valence-electron chi connectivity index (χ3n) is 2.27. The van der Waals surface area contributed by atoms with E-state index >= 15 is 0 Å². The summed E-state index contributed by atoms with van der Waals surface area (Å²) in [5.74, 6) is 1.22. The molecule has 78 valence electrons. The average molecular weight is 194 g/mol. The predicted octanol–water partition coefficient (Wildman–Crippen LogP) is 2.06. The molecule has 1 rings (SSSR count). The first-order valence-corrected chi connectivity index (χ1v) is 4.98. The van der Waals surface area contributed by atoms with Crippen molar-refractivity contribution in [3.05, 3.63) is 18.2 Å². The van der Waals surface area contributed by atoms with Crippen molar-refractivity contribution in [3.8, 4) is 0 Å². The third-order valence-corrected chi connectivity index (χ3v) is 2.27. The fourth-order valence-electron chi connectivity index (χ4n) is 1.19. The summed E-state index contributed by atoms with van der Waals surface area (Å²) >= 11 is 0. The Hall–Kier alpha value is -1.12. The van der Waals surface area contributed by atoms with E-state index in [4.69, 9.17) is 0 Å². The van der Waals surface area contributed by atoms with Crippen LogP contribution >= 0.6 is 0 Å². The highest BCUT2D eigenvalue weighted by Gasteiger charge is 2.21. The molecule has 0 spiro atoms. The summed E-state index contributed by atoms with van der Waals surface area (Å²) in [7, 11) is 0. The van der Waals surface area contributed by atoms with Gasteiger partial charge in [0, 0.05) is 24.2 Å². The maximum atomic E-state index is 11.8. The molecule has 0 aromatic carbocycles. The Morgan fingerprint density at radius 2 is 2.14 bits per heavy atom. The van der Waals surface area contributed by atoms with Crippen molar-refractivity contribution in [2.24, 2.45) is 5.41 Å². The standard InChI is InChI=1S/C11H18N2O/c1-5-10-12-6-7-13(10)8-9(14)11(2,3)4/h6-7H,5,8H2,1-4H3. The summed E-state index contributed by atoms with van der Waals surface area (Å²) in [6, 6.07) is 0. The summed E-state index contributed by atoms with van der Waals surface area (Å²) in [5.41, 5.74) is -0.269. The van der Waals surface area contributed by atoms with Gasteiger partial charge in [-0.05, 0) is 0 Å². The van der Waals surface area contributed by atoms with Crippen LogP contribution in [0.3, 0.4) is 0 Å². The van der Waals surface area contributed by atoms with Gasteiger partial charge in [-0.15, -0.1) is 0 Å². The van der Waals surface area contributed by atoms with Crippen molar-refractivity contribution in [1.29, 1.82) is 0 Å². The van der Waals surface area contributed by atoms with E-state index in [1.54, 1.807) is 6.20 Å². The number of carbonyl (C=O) groups is 1. The molecule has 3 nitrogen and oxygen atoms in total. The second kappa shape index (κ2) is 3.95. The van der Waals surface area contributed by atoms with Crippen LogP contribution in [0.1, 0.15) is 33.5 Å². The van der Waals surface area contributed by atoms with Crippen LogP contribution in [0.4, 0.5) is 0 Å². The van der Waals surface area contributed by atoms with E-state index in [0.717, 1.165) is 12.2 Å². The van der Waals surface area contributed by atoms with E-state index in [2.05, 4.69) is 4.98 Å². The van der Waals surface area contributed by atoms with E-state index in [-0.39, 0.29) is 11.2 Å². The van der Waals surface area contributed by atoms with Crippen molar-refractivity contribution in [1.82, 2.24) is 9.55 Å². The van der Waals surface area contributed by atoms with Gasteiger partial charge >= 0.3 is 0 Å². The number of hydrogen-bond donors (Lipinski definition) is 0. The van der Waals surface area contributed by atoms with Crippen molar-refractivity contribution < 1.29 is 4.79 Å². The van der Waals surface area contributed by atoms with Crippen LogP contribution in [-0.4, -0.2) is 15.3 Å². The minimum absolute atomic E-state index is 0.241. The summed E-state index contributed by atoms with van der Waals surface area (Å²) in [6.45, 7) is 8.31. The Kier molecular flexibility index (Phi) is 3.09. The lowest BCUT2D eigenvalue weighted by molar-refractivity contribution is -0.126. The van der Waals surface area contributed by atoms with E-state index in [1.807, 2.05) is 38.5 Å². The Morgan fingerprint density at radius 3 is 2.64 bits per heavy atom. The van der Waals surface area contributed by atoms with Crippen LogP contribution in [0.5, 0.6) is 0 Å². The largest absolute Gasteiger partial charge is 0.327 e. The molecule has 0 fully saturated rings. The van der Waals surface area contributed by atoms with Crippen molar-refractivity contribution >= 4 is 5.78 Å². The first-order valence-electron chi connectivity index (χ1n) is 4.98. The maximum absolute atomic E-state index is 11.8. The molecule has 0 atom stereocenters. The van der Waals surface area contributed by atoms with Gasteiger partial charge in [0.25, 0.3) is 0 Å². The highest BCUT2D eigenvalue weighted by molar-refractivity contribution is 5.83. The lowest BCUT2D eigenvalue weighted by atomic mass is 9.91. The Balaban J connectivity index is 2.74. The SMILES string of the molecule is CCc1nccn1CC(=O)C(C)(C)C. The van der Waals surface area contributed by atoms with Gasteiger partial charge in [-0.2, -0.15) is 0 Å². The predicted molar refractivity (Wildman–Crippen MR) is 56.1 cm³/mol. The summed E-state index contributed by atoms with van der Waals surface area (Å²) in [4.78, 5) is 15.9.